The molecule has 0 aliphatic carbocycles. The van der Waals surface area contributed by atoms with Gasteiger partial charge in [0.25, 0.3) is 0 Å². The van der Waals surface area contributed by atoms with Crippen LogP contribution in [0.5, 0.6) is 0 Å². The summed E-state index contributed by atoms with van der Waals surface area (Å²) in [7, 11) is 0. The number of rotatable bonds is 11. The van der Waals surface area contributed by atoms with E-state index in [1.165, 1.54) is 51.8 Å². The molecule has 0 bridgehead atoms. The molecule has 0 atom stereocenters. The Bertz CT molecular complexity index is 412. The van der Waals surface area contributed by atoms with Gasteiger partial charge in [0.1, 0.15) is 0 Å². The van der Waals surface area contributed by atoms with Gasteiger partial charge in [0.2, 0.25) is 0 Å². The first kappa shape index (κ1) is 20.5. The fraction of sp³-hybridized carbons (Fsp3) is 0.684. The molecule has 0 aliphatic rings. The molecule has 0 saturated heterocycles. The molecule has 0 saturated carbocycles. The van der Waals surface area contributed by atoms with Gasteiger partial charge in [-0.3, -0.25) is 0 Å². The zero-order valence-electron chi connectivity index (χ0n) is 14.6. The molecule has 0 spiro atoms. The molecule has 0 unspecified atom stereocenters. The number of unbranched alkanes of at least 4 members (excludes halogenated alkanes) is 3. The van der Waals surface area contributed by atoms with E-state index in [4.69, 9.17) is 0 Å². The van der Waals surface area contributed by atoms with Crippen LogP contribution < -0.4 is 0 Å². The van der Waals surface area contributed by atoms with Crippen molar-refractivity contribution in [3.63, 3.8) is 0 Å². The second-order valence-electron chi connectivity index (χ2n) is 6.72. The van der Waals surface area contributed by atoms with Crippen LogP contribution in [0.25, 0.3) is 0 Å². The van der Waals surface area contributed by atoms with Crippen LogP contribution in [0.4, 0.5) is 4.39 Å². The normalized spacial score (nSPS) is 11.9. The molecule has 3 heteroatoms. The molecule has 0 aliphatic heterocycles. The second-order valence-corrected chi connectivity index (χ2v) is 21.5. The molecule has 0 radical (unpaired) electrons. The van der Waals surface area contributed by atoms with Crippen molar-refractivity contribution in [2.75, 3.05) is 0 Å². The molecule has 0 N–H and O–H groups in total. The molecule has 0 aromatic heterocycles. The van der Waals surface area contributed by atoms with Gasteiger partial charge in [-0.2, -0.15) is 0 Å². The molecule has 1 aromatic carbocycles. The summed E-state index contributed by atoms with van der Waals surface area (Å²) in [5.41, 5.74) is 0.988. The Morgan fingerprint density at radius 3 is 1.82 bits per heavy atom. The predicted molar refractivity (Wildman–Crippen MR) is 103 cm³/mol. The zero-order chi connectivity index (χ0) is 16.4. The van der Waals surface area contributed by atoms with E-state index in [9.17, 15) is 4.39 Å². The first-order valence-electron chi connectivity index (χ1n) is 9.01. The van der Waals surface area contributed by atoms with E-state index >= 15 is 0 Å². The Morgan fingerprint density at radius 2 is 1.41 bits per heavy atom. The van der Waals surface area contributed by atoms with Gasteiger partial charge < -0.3 is 0 Å². The van der Waals surface area contributed by atoms with E-state index in [0.29, 0.717) is 0 Å². The van der Waals surface area contributed by atoms with E-state index in [-0.39, 0.29) is 5.82 Å². The zero-order valence-corrected chi connectivity index (χ0v) is 19.0. The van der Waals surface area contributed by atoms with Gasteiger partial charge in [-0.15, -0.1) is 0 Å². The van der Waals surface area contributed by atoms with Crippen molar-refractivity contribution in [1.29, 1.82) is 0 Å². The summed E-state index contributed by atoms with van der Waals surface area (Å²) in [5.74, 6) is -0.0000505. The van der Waals surface area contributed by atoms with Gasteiger partial charge in [-0.25, -0.2) is 0 Å². The van der Waals surface area contributed by atoms with Gasteiger partial charge in [0, 0.05) is 0 Å². The maximum absolute atomic E-state index is 14.4. The Balaban J connectivity index is 2.97. The van der Waals surface area contributed by atoms with E-state index in [1.807, 2.05) is 12.1 Å². The quantitative estimate of drug-likeness (QED) is 0.289. The summed E-state index contributed by atoms with van der Waals surface area (Å²) in [5, 5.41) is 0. The first-order chi connectivity index (χ1) is 10.6. The predicted octanol–water partition coefficient (Wildman–Crippen LogP) is 7.52. The Kier molecular flexibility index (Phi) is 10.3. The van der Waals surface area contributed by atoms with Crippen LogP contribution in [-0.2, 0) is 4.44 Å². The SMILES string of the molecule is CCC[CH2][Sn]([CH2]CCC)([CH2]CCC)[CH2]c1ccc(Br)cc1F. The van der Waals surface area contributed by atoms with Crippen LogP contribution >= 0.6 is 15.9 Å². The summed E-state index contributed by atoms with van der Waals surface area (Å²) in [6.45, 7) is 6.86. The van der Waals surface area contributed by atoms with Crippen molar-refractivity contribution < 1.29 is 4.39 Å². The number of hydrogen-bond donors (Lipinski definition) is 0. The summed E-state index contributed by atoms with van der Waals surface area (Å²) >= 11 is 1.11. The van der Waals surface area contributed by atoms with E-state index < -0.39 is 18.4 Å². The molecule has 0 heterocycles. The fourth-order valence-corrected chi connectivity index (χ4v) is 19.9. The van der Waals surface area contributed by atoms with Crippen LogP contribution in [0.15, 0.2) is 22.7 Å². The van der Waals surface area contributed by atoms with Crippen LogP contribution in [0.2, 0.25) is 13.3 Å². The van der Waals surface area contributed by atoms with E-state index in [0.717, 1.165) is 14.5 Å². The van der Waals surface area contributed by atoms with Crippen molar-refractivity contribution in [3.05, 3.63) is 34.1 Å². The van der Waals surface area contributed by atoms with Gasteiger partial charge in [0.05, 0.1) is 0 Å². The summed E-state index contributed by atoms with van der Waals surface area (Å²) in [6.07, 6.45) is 7.88. The third kappa shape index (κ3) is 6.90. The molecule has 126 valence electrons. The Hall–Kier alpha value is 0.429. The van der Waals surface area contributed by atoms with Gasteiger partial charge >= 0.3 is 150 Å². The molecular formula is C19H32BrFSn. The van der Waals surface area contributed by atoms with Crippen molar-refractivity contribution in [2.24, 2.45) is 0 Å². The molecule has 0 nitrogen and oxygen atoms in total. The molecule has 1 rings (SSSR count). The minimum absolute atomic E-state index is 0.0000505. The van der Waals surface area contributed by atoms with Crippen LogP contribution in [-0.4, -0.2) is 18.4 Å². The van der Waals surface area contributed by atoms with E-state index in [2.05, 4.69) is 36.7 Å². The Morgan fingerprint density at radius 1 is 0.909 bits per heavy atom. The third-order valence-corrected chi connectivity index (χ3v) is 20.6. The number of benzene rings is 1. The monoisotopic (exact) mass is 478 g/mol. The fourth-order valence-electron chi connectivity index (χ4n) is 3.36. The third-order valence-electron chi connectivity index (χ3n) is 4.76. The standard InChI is InChI=1S/C7H5BrF.3C4H9.Sn/c1-5-2-3-6(8)4-7(5)9;3*1-3-4-2;/h2-4H,1H2;3*1,3-4H2,2H3;. The number of hydrogen-bond acceptors (Lipinski definition) is 0. The molecule has 0 fully saturated rings. The van der Waals surface area contributed by atoms with E-state index in [1.54, 1.807) is 6.07 Å². The van der Waals surface area contributed by atoms with Crippen LogP contribution in [0.3, 0.4) is 0 Å². The Labute approximate surface area is 149 Å². The first-order valence-corrected chi connectivity index (χ1v) is 17.9. The second kappa shape index (κ2) is 11.1. The van der Waals surface area contributed by atoms with Gasteiger partial charge in [-0.05, 0) is 0 Å². The average Bonchev–Trinajstić information content (AvgIpc) is 2.51. The van der Waals surface area contributed by atoms with Gasteiger partial charge in [0.15, 0.2) is 0 Å². The summed E-state index contributed by atoms with van der Waals surface area (Å²) in [6, 6.07) is 5.68. The van der Waals surface area contributed by atoms with Crippen molar-refractivity contribution in [2.45, 2.75) is 77.0 Å². The van der Waals surface area contributed by atoms with Crippen molar-refractivity contribution >= 4 is 34.3 Å². The van der Waals surface area contributed by atoms with Crippen molar-refractivity contribution in [3.8, 4) is 0 Å². The van der Waals surface area contributed by atoms with Crippen LogP contribution in [0, 0.1) is 5.82 Å². The molecule has 22 heavy (non-hydrogen) atoms. The maximum atomic E-state index is 14.4. The topological polar surface area (TPSA) is 0 Å². The van der Waals surface area contributed by atoms with Crippen LogP contribution in [0.1, 0.15) is 64.9 Å². The summed E-state index contributed by atoms with van der Waals surface area (Å²) < 4.78 is 20.6. The molecule has 1 aromatic rings. The average molecular weight is 478 g/mol. The molecule has 0 amide bonds. The van der Waals surface area contributed by atoms with Gasteiger partial charge in [-0.1, -0.05) is 0 Å². The minimum atomic E-state index is -2.27. The summed E-state index contributed by atoms with van der Waals surface area (Å²) in [4.78, 5) is 0. The van der Waals surface area contributed by atoms with Crippen molar-refractivity contribution in [1.82, 2.24) is 0 Å². The number of halogens is 2. The molecular weight excluding hydrogens is 446 g/mol.